The summed E-state index contributed by atoms with van der Waals surface area (Å²) in [6.45, 7) is 4.80. The van der Waals surface area contributed by atoms with Gasteiger partial charge in [0.25, 0.3) is 0 Å². The summed E-state index contributed by atoms with van der Waals surface area (Å²) < 4.78 is 7.54. The van der Waals surface area contributed by atoms with Crippen LogP contribution in [0.2, 0.25) is 5.02 Å². The first-order valence-corrected chi connectivity index (χ1v) is 7.01. The lowest BCUT2D eigenvalue weighted by atomic mass is 10.2. The van der Waals surface area contributed by atoms with Gasteiger partial charge in [-0.2, -0.15) is 5.10 Å². The number of aliphatic hydroxyl groups is 1. The lowest BCUT2D eigenvalue weighted by molar-refractivity contribution is 0.289. The van der Waals surface area contributed by atoms with E-state index in [0.29, 0.717) is 18.2 Å². The summed E-state index contributed by atoms with van der Waals surface area (Å²) in [6, 6.07) is 7.46. The molecule has 1 N–H and O–H groups in total. The number of aromatic nitrogens is 2. The predicted octanol–water partition coefficient (Wildman–Crippen LogP) is 2.58. The number of halogens is 1. The van der Waals surface area contributed by atoms with Crippen LogP contribution in [-0.4, -0.2) is 28.1 Å². The Kier molecular flexibility index (Phi) is 5.26. The Morgan fingerprint density at radius 2 is 2.19 bits per heavy atom. The summed E-state index contributed by atoms with van der Waals surface area (Å²) in [6.07, 6.45) is 0. The number of aliphatic hydroxyl groups excluding tert-OH is 1. The number of benzene rings is 1. The van der Waals surface area contributed by atoms with Gasteiger partial charge in [-0.15, -0.1) is 0 Å². The van der Waals surface area contributed by atoms with Crippen LogP contribution in [0, 0.1) is 25.7 Å². The van der Waals surface area contributed by atoms with Gasteiger partial charge in [0.2, 0.25) is 0 Å². The Morgan fingerprint density at radius 3 is 2.86 bits per heavy atom. The van der Waals surface area contributed by atoms with Crippen LogP contribution in [0.5, 0.6) is 5.75 Å². The molecule has 1 aromatic carbocycles. The van der Waals surface area contributed by atoms with Gasteiger partial charge in [0.15, 0.2) is 0 Å². The first-order chi connectivity index (χ1) is 10.1. The van der Waals surface area contributed by atoms with Crippen LogP contribution < -0.4 is 4.74 Å². The molecule has 0 radical (unpaired) electrons. The van der Waals surface area contributed by atoms with E-state index in [2.05, 4.69) is 16.9 Å². The lowest BCUT2D eigenvalue weighted by Gasteiger charge is -2.08. The Hall–Kier alpha value is -1.96. The molecule has 0 unspecified atom stereocenters. The maximum atomic E-state index is 8.69. The monoisotopic (exact) mass is 304 g/mol. The average molecular weight is 305 g/mol. The summed E-state index contributed by atoms with van der Waals surface area (Å²) in [5, 5.41) is 13.7. The number of hydrogen-bond donors (Lipinski definition) is 1. The van der Waals surface area contributed by atoms with E-state index in [1.165, 1.54) is 0 Å². The molecule has 1 heterocycles. The summed E-state index contributed by atoms with van der Waals surface area (Å²) in [5.74, 6) is 6.20. The first kappa shape index (κ1) is 15.4. The van der Waals surface area contributed by atoms with E-state index in [-0.39, 0.29) is 6.61 Å². The molecule has 0 saturated carbocycles. The minimum atomic E-state index is -0.149. The van der Waals surface area contributed by atoms with Gasteiger partial charge in [0, 0.05) is 5.56 Å². The molecule has 0 fully saturated rings. The van der Waals surface area contributed by atoms with Crippen molar-refractivity contribution in [2.24, 2.45) is 0 Å². The van der Waals surface area contributed by atoms with Crippen molar-refractivity contribution >= 4 is 11.6 Å². The zero-order valence-corrected chi connectivity index (χ0v) is 12.8. The molecule has 2 aromatic rings. The van der Waals surface area contributed by atoms with Gasteiger partial charge >= 0.3 is 0 Å². The normalized spacial score (nSPS) is 10.1. The molecular weight excluding hydrogens is 288 g/mol. The van der Waals surface area contributed by atoms with Gasteiger partial charge in [0.1, 0.15) is 19.0 Å². The van der Waals surface area contributed by atoms with E-state index in [0.717, 1.165) is 22.7 Å². The topological polar surface area (TPSA) is 47.3 Å². The molecule has 21 heavy (non-hydrogen) atoms. The van der Waals surface area contributed by atoms with Crippen molar-refractivity contribution in [2.45, 2.75) is 20.4 Å². The molecule has 4 nitrogen and oxygen atoms in total. The van der Waals surface area contributed by atoms with Crippen molar-refractivity contribution in [1.82, 2.24) is 9.78 Å². The smallest absolute Gasteiger partial charge is 0.120 e. The van der Waals surface area contributed by atoms with Crippen molar-refractivity contribution < 1.29 is 9.84 Å². The zero-order chi connectivity index (χ0) is 15.2. The van der Waals surface area contributed by atoms with Crippen molar-refractivity contribution in [2.75, 3.05) is 13.2 Å². The predicted molar refractivity (Wildman–Crippen MR) is 82.6 cm³/mol. The highest BCUT2D eigenvalue weighted by atomic mass is 35.5. The fourth-order valence-corrected chi connectivity index (χ4v) is 2.08. The highest BCUT2D eigenvalue weighted by Crippen LogP contribution is 2.19. The van der Waals surface area contributed by atoms with Gasteiger partial charge in [-0.3, -0.25) is 4.68 Å². The standard InChI is InChI=1S/C16H17ClN2O2/c1-12-16(17)13(2)19(18-12)8-10-21-15-7-3-5-14(11-15)6-4-9-20/h3,5,7,11,20H,8-10H2,1-2H3. The molecule has 0 aliphatic carbocycles. The number of rotatable bonds is 4. The molecule has 1 aromatic heterocycles. The van der Waals surface area contributed by atoms with Crippen LogP contribution in [0.4, 0.5) is 0 Å². The van der Waals surface area contributed by atoms with E-state index in [9.17, 15) is 0 Å². The highest BCUT2D eigenvalue weighted by Gasteiger charge is 2.08. The van der Waals surface area contributed by atoms with Crippen LogP contribution in [0.3, 0.4) is 0 Å². The first-order valence-electron chi connectivity index (χ1n) is 6.64. The second-order valence-electron chi connectivity index (χ2n) is 4.54. The molecule has 0 spiro atoms. The van der Waals surface area contributed by atoms with E-state index >= 15 is 0 Å². The highest BCUT2D eigenvalue weighted by molar-refractivity contribution is 6.31. The Labute approximate surface area is 129 Å². The third kappa shape index (κ3) is 4.01. The zero-order valence-electron chi connectivity index (χ0n) is 12.1. The Morgan fingerprint density at radius 1 is 1.38 bits per heavy atom. The minimum absolute atomic E-state index is 0.149. The fourth-order valence-electron chi connectivity index (χ4n) is 1.95. The van der Waals surface area contributed by atoms with Gasteiger partial charge in [-0.1, -0.05) is 29.5 Å². The lowest BCUT2D eigenvalue weighted by Crippen LogP contribution is -2.11. The third-order valence-electron chi connectivity index (χ3n) is 3.01. The molecule has 0 saturated heterocycles. The van der Waals surface area contributed by atoms with Crippen molar-refractivity contribution in [1.29, 1.82) is 0 Å². The molecular formula is C16H17ClN2O2. The quantitative estimate of drug-likeness (QED) is 0.883. The van der Waals surface area contributed by atoms with E-state index in [1.54, 1.807) is 0 Å². The molecule has 0 bridgehead atoms. The minimum Gasteiger partial charge on any atom is -0.492 e. The molecule has 0 atom stereocenters. The molecule has 2 rings (SSSR count). The van der Waals surface area contributed by atoms with E-state index < -0.39 is 0 Å². The largest absolute Gasteiger partial charge is 0.492 e. The van der Waals surface area contributed by atoms with E-state index in [1.807, 2.05) is 42.8 Å². The summed E-state index contributed by atoms with van der Waals surface area (Å²) >= 11 is 6.10. The summed E-state index contributed by atoms with van der Waals surface area (Å²) in [7, 11) is 0. The summed E-state index contributed by atoms with van der Waals surface area (Å²) in [4.78, 5) is 0. The molecule has 0 aliphatic heterocycles. The second-order valence-corrected chi connectivity index (χ2v) is 4.92. The molecule has 110 valence electrons. The number of nitrogens with zero attached hydrogens (tertiary/aromatic N) is 2. The van der Waals surface area contributed by atoms with Gasteiger partial charge in [-0.05, 0) is 32.0 Å². The average Bonchev–Trinajstić information content (AvgIpc) is 2.73. The maximum Gasteiger partial charge on any atom is 0.120 e. The molecule has 5 heteroatoms. The van der Waals surface area contributed by atoms with Crippen molar-refractivity contribution in [3.63, 3.8) is 0 Å². The van der Waals surface area contributed by atoms with Crippen LogP contribution in [0.15, 0.2) is 24.3 Å². The van der Waals surface area contributed by atoms with Crippen LogP contribution in [0.25, 0.3) is 0 Å². The summed E-state index contributed by atoms with van der Waals surface area (Å²) in [5.41, 5.74) is 2.59. The van der Waals surface area contributed by atoms with E-state index in [4.69, 9.17) is 21.4 Å². The fraction of sp³-hybridized carbons (Fsp3) is 0.312. The Bertz CT molecular complexity index is 683. The maximum absolute atomic E-state index is 8.69. The Balaban J connectivity index is 1.95. The second kappa shape index (κ2) is 7.16. The van der Waals surface area contributed by atoms with Crippen LogP contribution >= 0.6 is 11.6 Å². The van der Waals surface area contributed by atoms with Gasteiger partial charge in [-0.25, -0.2) is 0 Å². The van der Waals surface area contributed by atoms with Crippen LogP contribution in [-0.2, 0) is 6.54 Å². The van der Waals surface area contributed by atoms with Crippen molar-refractivity contribution in [3.8, 4) is 17.6 Å². The van der Waals surface area contributed by atoms with Gasteiger partial charge in [0.05, 0.1) is 23.0 Å². The molecule has 0 amide bonds. The number of ether oxygens (including phenoxy) is 1. The van der Waals surface area contributed by atoms with Crippen LogP contribution in [0.1, 0.15) is 17.0 Å². The number of aryl methyl sites for hydroxylation is 1. The van der Waals surface area contributed by atoms with Crippen molar-refractivity contribution in [3.05, 3.63) is 46.2 Å². The van der Waals surface area contributed by atoms with Gasteiger partial charge < -0.3 is 9.84 Å². The SMILES string of the molecule is Cc1nn(CCOc2cccc(C#CCO)c2)c(C)c1Cl. The third-order valence-corrected chi connectivity index (χ3v) is 3.56. The number of hydrogen-bond acceptors (Lipinski definition) is 3. The molecule has 0 aliphatic rings.